The van der Waals surface area contributed by atoms with E-state index in [0.717, 1.165) is 24.7 Å². The molecule has 0 saturated heterocycles. The minimum absolute atomic E-state index is 0.505. The Bertz CT molecular complexity index is 471. The van der Waals surface area contributed by atoms with Crippen LogP contribution in [0.25, 0.3) is 0 Å². The van der Waals surface area contributed by atoms with Crippen LogP contribution in [0.3, 0.4) is 0 Å². The maximum Gasteiger partial charge on any atom is 0.191 e. The molecule has 0 bridgehead atoms. The fourth-order valence-electron chi connectivity index (χ4n) is 2.95. The van der Waals surface area contributed by atoms with Crippen LogP contribution < -0.4 is 10.6 Å². The van der Waals surface area contributed by atoms with Crippen LogP contribution in [0.15, 0.2) is 11.1 Å². The van der Waals surface area contributed by atoms with Gasteiger partial charge in [0.2, 0.25) is 0 Å². The topological polar surface area (TPSA) is 54.2 Å². The molecule has 1 aromatic heterocycles. The van der Waals surface area contributed by atoms with Crippen LogP contribution in [0, 0.1) is 19.8 Å². The quantitative estimate of drug-likeness (QED) is 0.646. The van der Waals surface area contributed by atoms with Gasteiger partial charge in [-0.3, -0.25) is 9.67 Å². The molecule has 2 rings (SSSR count). The van der Waals surface area contributed by atoms with Gasteiger partial charge >= 0.3 is 0 Å². The van der Waals surface area contributed by atoms with Gasteiger partial charge in [0.1, 0.15) is 0 Å². The van der Waals surface area contributed by atoms with Gasteiger partial charge in [0.05, 0.1) is 5.69 Å². The average Bonchev–Trinajstić information content (AvgIpc) is 3.05. The summed E-state index contributed by atoms with van der Waals surface area (Å²) < 4.78 is 2.09. The molecule has 0 spiro atoms. The summed E-state index contributed by atoms with van der Waals surface area (Å²) in [6.07, 6.45) is 5.20. The third kappa shape index (κ3) is 4.76. The number of hydrogen-bond donors (Lipinski definition) is 2. The van der Waals surface area contributed by atoms with Crippen LogP contribution in [-0.4, -0.2) is 35.4 Å². The lowest BCUT2D eigenvalue weighted by Gasteiger charge is -2.19. The molecule has 0 amide bonds. The van der Waals surface area contributed by atoms with Crippen molar-refractivity contribution in [3.05, 3.63) is 17.5 Å². The smallest absolute Gasteiger partial charge is 0.191 e. The molecule has 1 fully saturated rings. The average molecular weight is 291 g/mol. The molecule has 1 aliphatic carbocycles. The molecule has 118 valence electrons. The second-order valence-electron chi connectivity index (χ2n) is 6.29. The summed E-state index contributed by atoms with van der Waals surface area (Å²) in [6.45, 7) is 8.24. The molecule has 0 aromatic carbocycles. The highest BCUT2D eigenvalue weighted by molar-refractivity contribution is 5.79. The largest absolute Gasteiger partial charge is 0.356 e. The molecule has 1 heterocycles. The van der Waals surface area contributed by atoms with Crippen molar-refractivity contribution in [1.82, 2.24) is 20.4 Å². The Balaban J connectivity index is 1.76. The fraction of sp³-hybridized carbons (Fsp3) is 0.750. The van der Waals surface area contributed by atoms with Crippen molar-refractivity contribution in [3.8, 4) is 0 Å². The van der Waals surface area contributed by atoms with Crippen LogP contribution >= 0.6 is 0 Å². The normalized spacial score (nSPS) is 18.0. The number of rotatable bonds is 5. The molecule has 2 N–H and O–H groups in total. The van der Waals surface area contributed by atoms with Crippen LogP contribution in [0.2, 0.25) is 0 Å². The first kappa shape index (κ1) is 15.9. The minimum atomic E-state index is 0.505. The lowest BCUT2D eigenvalue weighted by molar-refractivity contribution is 0.434. The fourth-order valence-corrected chi connectivity index (χ4v) is 2.95. The van der Waals surface area contributed by atoms with Crippen LogP contribution in [0.4, 0.5) is 0 Å². The van der Waals surface area contributed by atoms with Crippen LogP contribution in [0.1, 0.15) is 44.0 Å². The predicted molar refractivity (Wildman–Crippen MR) is 87.6 cm³/mol. The van der Waals surface area contributed by atoms with E-state index in [1.807, 2.05) is 14.0 Å². The molecule has 1 aromatic rings. The first-order valence-electron chi connectivity index (χ1n) is 8.06. The molecule has 1 saturated carbocycles. The van der Waals surface area contributed by atoms with Gasteiger partial charge in [-0.25, -0.2) is 0 Å². The van der Waals surface area contributed by atoms with E-state index < -0.39 is 0 Å². The van der Waals surface area contributed by atoms with Crippen molar-refractivity contribution in [1.29, 1.82) is 0 Å². The van der Waals surface area contributed by atoms with E-state index >= 15 is 0 Å². The molecule has 5 heteroatoms. The summed E-state index contributed by atoms with van der Waals surface area (Å²) in [4.78, 5) is 4.32. The monoisotopic (exact) mass is 291 g/mol. The van der Waals surface area contributed by atoms with Gasteiger partial charge in [0.15, 0.2) is 5.96 Å². The van der Waals surface area contributed by atoms with Gasteiger partial charge in [0.25, 0.3) is 0 Å². The predicted octanol–water partition coefficient (Wildman–Crippen LogP) is 2.24. The zero-order valence-electron chi connectivity index (χ0n) is 13.8. The minimum Gasteiger partial charge on any atom is -0.356 e. The van der Waals surface area contributed by atoms with E-state index in [4.69, 9.17) is 0 Å². The van der Waals surface area contributed by atoms with Gasteiger partial charge in [-0.05, 0) is 38.7 Å². The van der Waals surface area contributed by atoms with E-state index in [9.17, 15) is 0 Å². The van der Waals surface area contributed by atoms with E-state index in [1.165, 1.54) is 31.4 Å². The molecular formula is C16H29N5. The Labute approximate surface area is 128 Å². The highest BCUT2D eigenvalue weighted by atomic mass is 15.3. The number of nitrogens with one attached hydrogen (secondary N) is 2. The first-order chi connectivity index (χ1) is 10.1. The van der Waals surface area contributed by atoms with Crippen molar-refractivity contribution in [2.45, 2.75) is 59.0 Å². The molecule has 1 atom stereocenters. The maximum absolute atomic E-state index is 4.52. The Morgan fingerprint density at radius 1 is 1.43 bits per heavy atom. The summed E-state index contributed by atoms with van der Waals surface area (Å²) in [6, 6.07) is 2.73. The van der Waals surface area contributed by atoms with Crippen molar-refractivity contribution in [3.63, 3.8) is 0 Å². The number of guanidine groups is 1. The highest BCUT2D eigenvalue weighted by Gasteiger charge is 2.16. The van der Waals surface area contributed by atoms with Crippen molar-refractivity contribution < 1.29 is 0 Å². The number of aryl methyl sites for hydroxylation is 2. The molecule has 0 aliphatic heterocycles. The SMILES string of the molecule is CN=C(NCC(C)Cn1nc(C)cc1C)NC1CCCC1. The van der Waals surface area contributed by atoms with Gasteiger partial charge in [-0.2, -0.15) is 5.10 Å². The van der Waals surface area contributed by atoms with Gasteiger partial charge in [-0.15, -0.1) is 0 Å². The summed E-state index contributed by atoms with van der Waals surface area (Å²) in [7, 11) is 1.84. The van der Waals surface area contributed by atoms with Gasteiger partial charge in [-0.1, -0.05) is 19.8 Å². The Morgan fingerprint density at radius 3 is 2.71 bits per heavy atom. The zero-order valence-corrected chi connectivity index (χ0v) is 13.8. The van der Waals surface area contributed by atoms with Crippen LogP contribution in [0.5, 0.6) is 0 Å². The molecule has 21 heavy (non-hydrogen) atoms. The highest BCUT2D eigenvalue weighted by Crippen LogP contribution is 2.17. The van der Waals surface area contributed by atoms with Crippen molar-refractivity contribution in [2.24, 2.45) is 10.9 Å². The molecule has 1 aliphatic rings. The van der Waals surface area contributed by atoms with E-state index in [-0.39, 0.29) is 0 Å². The Kier molecular flexibility index (Phi) is 5.65. The summed E-state index contributed by atoms with van der Waals surface area (Å²) in [5.74, 6) is 1.44. The second-order valence-corrected chi connectivity index (χ2v) is 6.29. The van der Waals surface area contributed by atoms with Crippen molar-refractivity contribution in [2.75, 3.05) is 13.6 Å². The third-order valence-corrected chi connectivity index (χ3v) is 4.13. The maximum atomic E-state index is 4.52. The first-order valence-corrected chi connectivity index (χ1v) is 8.06. The van der Waals surface area contributed by atoms with Crippen LogP contribution in [-0.2, 0) is 6.54 Å². The van der Waals surface area contributed by atoms with E-state index in [1.54, 1.807) is 0 Å². The lowest BCUT2D eigenvalue weighted by Crippen LogP contribution is -2.44. The standard InChI is InChI=1S/C16H29N5/c1-12(11-21-14(3)9-13(2)20-21)10-18-16(17-4)19-15-7-5-6-8-15/h9,12,15H,5-8,10-11H2,1-4H3,(H2,17,18,19). The Morgan fingerprint density at radius 2 is 2.14 bits per heavy atom. The number of nitrogens with zero attached hydrogens (tertiary/aromatic N) is 3. The lowest BCUT2D eigenvalue weighted by atomic mass is 10.2. The van der Waals surface area contributed by atoms with Crippen molar-refractivity contribution >= 4 is 5.96 Å². The Hall–Kier alpha value is -1.52. The van der Waals surface area contributed by atoms with Gasteiger partial charge < -0.3 is 10.6 Å². The molecular weight excluding hydrogens is 262 g/mol. The molecule has 1 unspecified atom stereocenters. The number of aliphatic imine (C=N–C) groups is 1. The number of hydrogen-bond acceptors (Lipinski definition) is 2. The zero-order chi connectivity index (χ0) is 15.2. The third-order valence-electron chi connectivity index (χ3n) is 4.13. The molecule has 0 radical (unpaired) electrons. The summed E-state index contributed by atoms with van der Waals surface area (Å²) in [5, 5.41) is 11.5. The van der Waals surface area contributed by atoms with E-state index in [2.05, 4.69) is 45.3 Å². The van der Waals surface area contributed by atoms with E-state index in [0.29, 0.717) is 12.0 Å². The summed E-state index contributed by atoms with van der Waals surface area (Å²) >= 11 is 0. The second kappa shape index (κ2) is 7.48. The summed E-state index contributed by atoms with van der Waals surface area (Å²) in [5.41, 5.74) is 2.32. The van der Waals surface area contributed by atoms with Gasteiger partial charge in [0, 0.05) is 31.9 Å². The number of aromatic nitrogens is 2. The molecule has 5 nitrogen and oxygen atoms in total.